The Hall–Kier alpha value is -2.97. The quantitative estimate of drug-likeness (QED) is 0.754. The second kappa shape index (κ2) is 6.64. The highest BCUT2D eigenvalue weighted by Crippen LogP contribution is 2.28. The number of hydrogen-bond donors (Lipinski definition) is 1. The molecule has 0 saturated carbocycles. The minimum Gasteiger partial charge on any atom is -0.355 e. The van der Waals surface area contributed by atoms with E-state index in [1.165, 1.54) is 19.2 Å². The van der Waals surface area contributed by atoms with Gasteiger partial charge in [-0.2, -0.15) is 4.52 Å². The molecule has 5 heterocycles. The van der Waals surface area contributed by atoms with Crippen molar-refractivity contribution < 1.29 is 4.79 Å². The number of hydrogen-bond acceptors (Lipinski definition) is 6. The van der Waals surface area contributed by atoms with E-state index in [-0.39, 0.29) is 11.8 Å². The zero-order chi connectivity index (χ0) is 18.2. The number of nitrogens with one attached hydrogen (secondary N) is 1. The first kappa shape index (κ1) is 16.2. The first-order chi connectivity index (χ1) is 13.3. The van der Waals surface area contributed by atoms with Gasteiger partial charge in [0.1, 0.15) is 11.5 Å². The summed E-state index contributed by atoms with van der Waals surface area (Å²) in [7, 11) is 0. The maximum atomic E-state index is 12.5. The van der Waals surface area contributed by atoms with E-state index in [1.54, 1.807) is 6.20 Å². The predicted octanol–water partition coefficient (Wildman–Crippen LogP) is 1.47. The number of anilines is 1. The van der Waals surface area contributed by atoms with Gasteiger partial charge in [-0.15, -0.1) is 15.3 Å². The summed E-state index contributed by atoms with van der Waals surface area (Å²) in [6.45, 7) is 3.51. The predicted molar refractivity (Wildman–Crippen MR) is 98.7 cm³/mol. The molecule has 0 bridgehead atoms. The van der Waals surface area contributed by atoms with Crippen LogP contribution >= 0.6 is 0 Å². The first-order valence-electron chi connectivity index (χ1n) is 9.54. The smallest absolute Gasteiger partial charge is 0.271 e. The Morgan fingerprint density at radius 2 is 1.89 bits per heavy atom. The number of likely N-dealkylation sites (tertiary alicyclic amines) is 1. The minimum atomic E-state index is 0.00601. The van der Waals surface area contributed by atoms with Crippen LogP contribution in [-0.2, 0) is 0 Å². The topological polar surface area (TPSA) is 95.3 Å². The van der Waals surface area contributed by atoms with Crippen molar-refractivity contribution >= 4 is 17.4 Å². The molecule has 2 saturated heterocycles. The standard InChI is InChI=1S/C18H22N8O/c27-18(14-11-19-12-20-14)25-9-5-13(6-10-25)17-22-21-15-3-4-16(23-26(15)17)24-7-1-2-8-24/h3-4,11-13H,1-2,5-10H2,(H,19,20). The van der Waals surface area contributed by atoms with Crippen LogP contribution in [0.5, 0.6) is 0 Å². The number of fused-ring (bicyclic) bond motifs is 1. The number of rotatable bonds is 3. The molecule has 0 unspecified atom stereocenters. The van der Waals surface area contributed by atoms with E-state index in [0.29, 0.717) is 18.8 Å². The Labute approximate surface area is 156 Å². The maximum absolute atomic E-state index is 12.5. The van der Waals surface area contributed by atoms with Crippen LogP contribution < -0.4 is 4.90 Å². The lowest BCUT2D eigenvalue weighted by Crippen LogP contribution is -2.38. The number of aromatic amines is 1. The Balaban J connectivity index is 1.34. The number of nitrogens with zero attached hydrogens (tertiary/aromatic N) is 7. The van der Waals surface area contributed by atoms with Crippen LogP contribution in [0, 0.1) is 0 Å². The Morgan fingerprint density at radius 3 is 2.63 bits per heavy atom. The highest BCUT2D eigenvalue weighted by atomic mass is 16.2. The van der Waals surface area contributed by atoms with Gasteiger partial charge in [-0.1, -0.05) is 0 Å². The molecular weight excluding hydrogens is 344 g/mol. The van der Waals surface area contributed by atoms with Crippen molar-refractivity contribution in [3.8, 4) is 0 Å². The molecule has 1 amide bonds. The largest absolute Gasteiger partial charge is 0.355 e. The van der Waals surface area contributed by atoms with Crippen LogP contribution in [0.15, 0.2) is 24.7 Å². The van der Waals surface area contributed by atoms with Crippen molar-refractivity contribution in [2.45, 2.75) is 31.6 Å². The lowest BCUT2D eigenvalue weighted by molar-refractivity contribution is 0.0705. The van der Waals surface area contributed by atoms with Crippen LogP contribution in [0.2, 0.25) is 0 Å². The molecule has 140 valence electrons. The summed E-state index contributed by atoms with van der Waals surface area (Å²) in [6.07, 6.45) is 7.26. The molecule has 2 aliphatic rings. The highest BCUT2D eigenvalue weighted by Gasteiger charge is 2.28. The average molecular weight is 366 g/mol. The molecule has 3 aromatic rings. The molecule has 0 aromatic carbocycles. The summed E-state index contributed by atoms with van der Waals surface area (Å²) >= 11 is 0. The molecule has 0 radical (unpaired) electrons. The number of aromatic nitrogens is 6. The Morgan fingerprint density at radius 1 is 1.07 bits per heavy atom. The molecule has 0 aliphatic carbocycles. The van der Waals surface area contributed by atoms with Gasteiger partial charge in [0.25, 0.3) is 5.91 Å². The van der Waals surface area contributed by atoms with E-state index >= 15 is 0 Å². The Kier molecular flexibility index (Phi) is 3.99. The van der Waals surface area contributed by atoms with Gasteiger partial charge in [0.05, 0.1) is 12.5 Å². The molecule has 3 aromatic heterocycles. The summed E-state index contributed by atoms with van der Waals surface area (Å²) < 4.78 is 1.89. The third-order valence-electron chi connectivity index (χ3n) is 5.58. The number of imidazole rings is 1. The second-order valence-corrected chi connectivity index (χ2v) is 7.25. The molecule has 9 nitrogen and oxygen atoms in total. The summed E-state index contributed by atoms with van der Waals surface area (Å²) in [4.78, 5) is 23.5. The SMILES string of the molecule is O=C(c1cnc[nH]1)N1CCC(c2nnc3ccc(N4CCCC4)nn23)CC1. The van der Waals surface area contributed by atoms with Gasteiger partial charge >= 0.3 is 0 Å². The average Bonchev–Trinajstić information content (AvgIpc) is 3.48. The van der Waals surface area contributed by atoms with Gasteiger partial charge in [-0.25, -0.2) is 4.98 Å². The van der Waals surface area contributed by atoms with Crippen molar-refractivity contribution in [1.82, 2.24) is 34.7 Å². The van der Waals surface area contributed by atoms with Crippen LogP contribution in [0.4, 0.5) is 5.82 Å². The summed E-state index contributed by atoms with van der Waals surface area (Å²) in [5.41, 5.74) is 1.32. The van der Waals surface area contributed by atoms with Gasteiger partial charge in [0.15, 0.2) is 11.5 Å². The number of carbonyl (C=O) groups is 1. The number of piperidine rings is 1. The molecule has 0 atom stereocenters. The van der Waals surface area contributed by atoms with E-state index in [2.05, 4.69) is 25.1 Å². The molecular formula is C18H22N8O. The van der Waals surface area contributed by atoms with E-state index in [1.807, 2.05) is 21.5 Å². The maximum Gasteiger partial charge on any atom is 0.271 e. The van der Waals surface area contributed by atoms with Crippen LogP contribution in [-0.4, -0.2) is 66.8 Å². The number of carbonyl (C=O) groups excluding carboxylic acids is 1. The second-order valence-electron chi connectivity index (χ2n) is 7.25. The van der Waals surface area contributed by atoms with Gasteiger partial charge in [-0.3, -0.25) is 4.79 Å². The van der Waals surface area contributed by atoms with Crippen molar-refractivity contribution in [2.75, 3.05) is 31.1 Å². The zero-order valence-corrected chi connectivity index (χ0v) is 15.1. The number of H-pyrrole nitrogens is 1. The van der Waals surface area contributed by atoms with Gasteiger partial charge in [0, 0.05) is 32.1 Å². The fraction of sp³-hybridized carbons (Fsp3) is 0.500. The van der Waals surface area contributed by atoms with Gasteiger partial charge in [-0.05, 0) is 37.8 Å². The molecule has 0 spiro atoms. The van der Waals surface area contributed by atoms with Crippen LogP contribution in [0.3, 0.4) is 0 Å². The van der Waals surface area contributed by atoms with E-state index in [0.717, 1.165) is 43.2 Å². The highest BCUT2D eigenvalue weighted by molar-refractivity contribution is 5.92. The summed E-state index contributed by atoms with van der Waals surface area (Å²) in [6, 6.07) is 4.03. The molecule has 5 rings (SSSR count). The Bertz CT molecular complexity index is 936. The molecule has 27 heavy (non-hydrogen) atoms. The molecule has 9 heteroatoms. The van der Waals surface area contributed by atoms with Crippen molar-refractivity contribution in [3.63, 3.8) is 0 Å². The van der Waals surface area contributed by atoms with Crippen LogP contribution in [0.1, 0.15) is 47.9 Å². The van der Waals surface area contributed by atoms with E-state index < -0.39 is 0 Å². The van der Waals surface area contributed by atoms with E-state index in [9.17, 15) is 4.79 Å². The minimum absolute atomic E-state index is 0.00601. The first-order valence-corrected chi connectivity index (χ1v) is 9.54. The van der Waals surface area contributed by atoms with Gasteiger partial charge in [0.2, 0.25) is 0 Å². The lowest BCUT2D eigenvalue weighted by Gasteiger charge is -2.30. The van der Waals surface area contributed by atoms with Crippen molar-refractivity contribution in [2.24, 2.45) is 0 Å². The fourth-order valence-corrected chi connectivity index (χ4v) is 4.05. The third kappa shape index (κ3) is 2.92. The monoisotopic (exact) mass is 366 g/mol. The lowest BCUT2D eigenvalue weighted by atomic mass is 9.96. The third-order valence-corrected chi connectivity index (χ3v) is 5.58. The molecule has 1 N–H and O–H groups in total. The summed E-state index contributed by atoms with van der Waals surface area (Å²) in [5.74, 6) is 2.16. The van der Waals surface area contributed by atoms with E-state index in [4.69, 9.17) is 5.10 Å². The summed E-state index contributed by atoms with van der Waals surface area (Å²) in [5, 5.41) is 13.5. The normalized spacial score (nSPS) is 18.5. The van der Waals surface area contributed by atoms with Crippen molar-refractivity contribution in [3.05, 3.63) is 36.2 Å². The van der Waals surface area contributed by atoms with Crippen LogP contribution in [0.25, 0.3) is 5.65 Å². The fourth-order valence-electron chi connectivity index (χ4n) is 4.05. The zero-order valence-electron chi connectivity index (χ0n) is 15.1. The number of amides is 1. The van der Waals surface area contributed by atoms with Gasteiger partial charge < -0.3 is 14.8 Å². The molecule has 2 aliphatic heterocycles. The van der Waals surface area contributed by atoms with Crippen molar-refractivity contribution in [1.29, 1.82) is 0 Å². The molecule has 2 fully saturated rings.